The summed E-state index contributed by atoms with van der Waals surface area (Å²) in [6, 6.07) is 0. The van der Waals surface area contributed by atoms with Crippen molar-refractivity contribution in [3.05, 3.63) is 0 Å². The molecule has 0 aliphatic rings. The molecule has 0 saturated carbocycles. The van der Waals surface area contributed by atoms with Crippen LogP contribution in [0.5, 0.6) is 0 Å². The van der Waals surface area contributed by atoms with Crippen molar-refractivity contribution in [2.75, 3.05) is 0 Å². The Morgan fingerprint density at radius 1 is 1.67 bits per heavy atom. The van der Waals surface area contributed by atoms with Gasteiger partial charge in [0, 0.05) is 0 Å². The lowest BCUT2D eigenvalue weighted by Gasteiger charge is -1.93. The van der Waals surface area contributed by atoms with Gasteiger partial charge in [-0.1, -0.05) is 25.0 Å². The summed E-state index contributed by atoms with van der Waals surface area (Å²) in [5, 5.41) is 1.01. The number of hydrogen-bond acceptors (Lipinski definition) is 1. The average Bonchev–Trinajstić information content (AvgIpc) is 1.35. The van der Waals surface area contributed by atoms with Gasteiger partial charge in [-0.05, 0) is 0 Å². The summed E-state index contributed by atoms with van der Waals surface area (Å²) in [5.41, 5.74) is 0. The summed E-state index contributed by atoms with van der Waals surface area (Å²) < 4.78 is 8.32. The van der Waals surface area contributed by atoms with Crippen LogP contribution in [0.25, 0.3) is 0 Å². The molecule has 0 unspecified atom stereocenters. The second-order valence-corrected chi connectivity index (χ2v) is 2.65. The smallest absolute Gasteiger partial charge is 0.420 e. The monoisotopic (exact) mass is 101 g/mol. The minimum Gasteiger partial charge on any atom is -0.522 e. The van der Waals surface area contributed by atoms with Crippen LogP contribution in [-0.4, -0.2) is 19.7 Å². The molecule has 0 aliphatic heterocycles. The van der Waals surface area contributed by atoms with Crippen LogP contribution in [0.3, 0.4) is 0 Å². The van der Waals surface area contributed by atoms with Gasteiger partial charge in [-0.3, -0.25) is 0 Å². The first-order valence-electron chi connectivity index (χ1n) is 2.23. The highest BCUT2D eigenvalue weighted by atomic mass is 27.1. The van der Waals surface area contributed by atoms with Gasteiger partial charge in [-0.25, -0.2) is 0 Å². The molecule has 0 aromatic rings. The predicted molar refractivity (Wildman–Crippen MR) is 27.6 cm³/mol. The Morgan fingerprint density at radius 2 is 2.17 bits per heavy atom. The minimum atomic E-state index is -0.248. The van der Waals surface area contributed by atoms with E-state index in [1.54, 1.807) is 0 Å². The summed E-state index contributed by atoms with van der Waals surface area (Å²) in [4.78, 5) is 0. The summed E-state index contributed by atoms with van der Waals surface area (Å²) in [7, 11) is 0. The first kappa shape index (κ1) is 6.49. The Kier molecular flexibility index (Phi) is 3.98. The van der Waals surface area contributed by atoms with E-state index in [0.29, 0.717) is 5.92 Å². The summed E-state index contributed by atoms with van der Waals surface area (Å²) in [5.74, 6) is 0.685. The molecule has 0 heterocycles. The first-order valence-corrected chi connectivity index (χ1v) is 3.56. The quantitative estimate of drug-likeness (QED) is 0.507. The van der Waals surface area contributed by atoms with E-state index < -0.39 is 0 Å². The van der Waals surface area contributed by atoms with Crippen LogP contribution in [0, 0.1) is 5.92 Å². The zero-order valence-corrected chi connectivity index (χ0v) is 5.46. The molecule has 0 rings (SSSR count). The Balaban J connectivity index is 2.63. The van der Waals surface area contributed by atoms with Crippen LogP contribution in [0.1, 0.15) is 13.8 Å². The van der Waals surface area contributed by atoms with Crippen LogP contribution >= 0.6 is 0 Å². The summed E-state index contributed by atoms with van der Waals surface area (Å²) >= 11 is -0.248. The molecule has 0 bridgehead atoms. The van der Waals surface area contributed by atoms with Crippen molar-refractivity contribution in [3.8, 4) is 0 Å². The van der Waals surface area contributed by atoms with Gasteiger partial charge in [0.2, 0.25) is 0 Å². The zero-order chi connectivity index (χ0) is 4.99. The maximum Gasteiger partial charge on any atom is 0.420 e. The van der Waals surface area contributed by atoms with Gasteiger partial charge in [0.25, 0.3) is 0 Å². The van der Waals surface area contributed by atoms with Crippen molar-refractivity contribution >= 4 is 15.6 Å². The molecule has 0 saturated heterocycles. The molecule has 1 N–H and O–H groups in total. The fourth-order valence-corrected chi connectivity index (χ4v) is 0.632. The molecule has 0 atom stereocenters. The van der Waals surface area contributed by atoms with Crippen molar-refractivity contribution in [1.82, 2.24) is 0 Å². The van der Waals surface area contributed by atoms with E-state index in [9.17, 15) is 0 Å². The van der Waals surface area contributed by atoms with Crippen molar-refractivity contribution < 1.29 is 4.16 Å². The normalized spacial score (nSPS) is 9.33. The van der Waals surface area contributed by atoms with Gasteiger partial charge in [0.15, 0.2) is 0 Å². The standard InChI is InChI=1S/C4H9.Al.H2O/c1-4(2)3;;/h4H,1H2,2-3H3;;1H2/q;+1;/p-1. The molecule has 0 aromatic heterocycles. The molecular weight excluding hydrogens is 91.0 g/mol. The maximum atomic E-state index is 8.32. The fourth-order valence-electron chi connectivity index (χ4n) is 0.211. The molecule has 0 aromatic carbocycles. The van der Waals surface area contributed by atoms with Gasteiger partial charge >= 0.3 is 15.6 Å². The van der Waals surface area contributed by atoms with Crippen molar-refractivity contribution in [1.29, 1.82) is 0 Å². The third kappa shape index (κ3) is 4.49. The highest BCUT2D eigenvalue weighted by Gasteiger charge is 1.91. The van der Waals surface area contributed by atoms with Gasteiger partial charge in [0.05, 0.1) is 0 Å². The molecule has 2 heteroatoms. The van der Waals surface area contributed by atoms with E-state index in [0.717, 1.165) is 5.28 Å². The Morgan fingerprint density at radius 3 is 2.17 bits per heavy atom. The van der Waals surface area contributed by atoms with Crippen LogP contribution in [-0.2, 0) is 0 Å². The van der Waals surface area contributed by atoms with E-state index in [4.69, 9.17) is 4.16 Å². The second-order valence-electron chi connectivity index (χ2n) is 1.81. The zero-order valence-electron chi connectivity index (χ0n) is 4.31. The number of rotatable bonds is 2. The summed E-state index contributed by atoms with van der Waals surface area (Å²) in [6.07, 6.45) is 0. The molecule has 1 nitrogen and oxygen atoms in total. The predicted octanol–water partition coefficient (Wildman–Crippen LogP) is 0.672. The van der Waals surface area contributed by atoms with E-state index in [1.165, 1.54) is 0 Å². The van der Waals surface area contributed by atoms with Gasteiger partial charge in [-0.15, -0.1) is 0 Å². The Labute approximate surface area is 45.4 Å². The molecular formula is C4H10AlO. The second kappa shape index (κ2) is 3.67. The van der Waals surface area contributed by atoms with E-state index in [-0.39, 0.29) is 15.6 Å². The van der Waals surface area contributed by atoms with E-state index in [1.807, 2.05) is 0 Å². The lowest BCUT2D eigenvalue weighted by Crippen LogP contribution is -1.92. The summed E-state index contributed by atoms with van der Waals surface area (Å²) in [6.45, 7) is 4.23. The largest absolute Gasteiger partial charge is 0.522 e. The topological polar surface area (TPSA) is 20.2 Å². The van der Waals surface area contributed by atoms with Crippen LogP contribution < -0.4 is 0 Å². The highest BCUT2D eigenvalue weighted by Crippen LogP contribution is 1.95. The molecule has 1 radical (unpaired) electrons. The third-order valence-corrected chi connectivity index (χ3v) is 1.73. The van der Waals surface area contributed by atoms with Crippen molar-refractivity contribution in [2.24, 2.45) is 5.92 Å². The first-order chi connectivity index (χ1) is 2.77. The lowest BCUT2D eigenvalue weighted by atomic mass is 10.3. The van der Waals surface area contributed by atoms with Gasteiger partial charge < -0.3 is 4.16 Å². The molecule has 0 aliphatic carbocycles. The molecule has 6 heavy (non-hydrogen) atoms. The maximum absolute atomic E-state index is 8.32. The molecule has 0 fully saturated rings. The Bertz CT molecular complexity index is 28.7. The minimum absolute atomic E-state index is 0.248. The highest BCUT2D eigenvalue weighted by molar-refractivity contribution is 6.25. The van der Waals surface area contributed by atoms with Crippen LogP contribution in [0.2, 0.25) is 5.28 Å². The molecule has 0 spiro atoms. The fraction of sp³-hybridized carbons (Fsp3) is 1.00. The van der Waals surface area contributed by atoms with Gasteiger partial charge in [-0.2, -0.15) is 0 Å². The third-order valence-electron chi connectivity index (χ3n) is 0.577. The van der Waals surface area contributed by atoms with E-state index in [2.05, 4.69) is 13.8 Å². The lowest BCUT2D eigenvalue weighted by molar-refractivity contribution is 0.578. The van der Waals surface area contributed by atoms with Crippen molar-refractivity contribution in [2.45, 2.75) is 19.1 Å². The van der Waals surface area contributed by atoms with E-state index >= 15 is 0 Å². The van der Waals surface area contributed by atoms with Gasteiger partial charge in [0.1, 0.15) is 0 Å². The van der Waals surface area contributed by atoms with Crippen LogP contribution in [0.4, 0.5) is 0 Å². The molecule has 0 amide bonds. The number of hydrogen-bond donors (Lipinski definition) is 1. The SMILES string of the molecule is CC(C)[CH2][Al][OH]. The average molecular weight is 101 g/mol. The van der Waals surface area contributed by atoms with Crippen LogP contribution in [0.15, 0.2) is 0 Å². The molecule has 35 valence electrons. The van der Waals surface area contributed by atoms with Crippen molar-refractivity contribution in [3.63, 3.8) is 0 Å². The Hall–Kier alpha value is 0.492.